The molecule has 0 unspecified atom stereocenters. The molecule has 1 heterocycles. The van der Waals surface area contributed by atoms with Crippen molar-refractivity contribution in [2.75, 3.05) is 0 Å². The standard InChI is InChI=1S/C16H17NO2/c18-16-17(11-13-7-3-1-4-8-13)12-15(19-16)14-9-5-2-6-10-14/h1,3-4,7-9,12H,2,5-6,10-11H2. The SMILES string of the molecule is O=c1oc(C2=CCCCC2)cn1Cc1ccccc1. The summed E-state index contributed by atoms with van der Waals surface area (Å²) in [5.41, 5.74) is 2.28. The molecule has 3 heteroatoms. The molecule has 0 bridgehead atoms. The summed E-state index contributed by atoms with van der Waals surface area (Å²) in [4.78, 5) is 11.9. The van der Waals surface area contributed by atoms with Crippen LogP contribution in [0.2, 0.25) is 0 Å². The average molecular weight is 255 g/mol. The van der Waals surface area contributed by atoms with E-state index < -0.39 is 0 Å². The Morgan fingerprint density at radius 3 is 2.74 bits per heavy atom. The van der Waals surface area contributed by atoms with Gasteiger partial charge in [0.05, 0.1) is 12.7 Å². The summed E-state index contributed by atoms with van der Waals surface area (Å²) < 4.78 is 7.00. The highest BCUT2D eigenvalue weighted by molar-refractivity contribution is 5.61. The summed E-state index contributed by atoms with van der Waals surface area (Å²) in [5, 5.41) is 0. The molecular formula is C16H17NO2. The van der Waals surface area contributed by atoms with Crippen molar-refractivity contribution in [3.63, 3.8) is 0 Å². The molecule has 0 atom stereocenters. The van der Waals surface area contributed by atoms with Crippen LogP contribution in [0.3, 0.4) is 0 Å². The van der Waals surface area contributed by atoms with Gasteiger partial charge in [0, 0.05) is 0 Å². The maximum Gasteiger partial charge on any atom is 0.419 e. The Balaban J connectivity index is 1.85. The Hall–Kier alpha value is -2.03. The lowest BCUT2D eigenvalue weighted by molar-refractivity contribution is 0.475. The van der Waals surface area contributed by atoms with Gasteiger partial charge in [-0.05, 0) is 36.8 Å². The predicted octanol–water partition coefficient (Wildman–Crippen LogP) is 3.45. The zero-order chi connectivity index (χ0) is 13.1. The fraction of sp³-hybridized carbons (Fsp3) is 0.312. The molecule has 3 nitrogen and oxygen atoms in total. The van der Waals surface area contributed by atoms with E-state index in [1.54, 1.807) is 4.57 Å². The minimum atomic E-state index is -0.273. The monoisotopic (exact) mass is 255 g/mol. The van der Waals surface area contributed by atoms with Crippen LogP contribution in [0.15, 0.2) is 51.8 Å². The molecule has 1 aromatic carbocycles. The van der Waals surface area contributed by atoms with Crippen molar-refractivity contribution >= 4 is 5.57 Å². The number of rotatable bonds is 3. The third-order valence-electron chi connectivity index (χ3n) is 3.51. The summed E-state index contributed by atoms with van der Waals surface area (Å²) in [6.45, 7) is 0.566. The zero-order valence-corrected chi connectivity index (χ0v) is 10.8. The fourth-order valence-corrected chi connectivity index (χ4v) is 2.47. The van der Waals surface area contributed by atoms with Crippen molar-refractivity contribution in [3.8, 4) is 0 Å². The van der Waals surface area contributed by atoms with Gasteiger partial charge in [0.15, 0.2) is 5.76 Å². The van der Waals surface area contributed by atoms with Crippen molar-refractivity contribution in [2.45, 2.75) is 32.2 Å². The molecule has 98 valence electrons. The molecule has 2 aromatic rings. The van der Waals surface area contributed by atoms with Gasteiger partial charge in [0.2, 0.25) is 0 Å². The molecule has 19 heavy (non-hydrogen) atoms. The van der Waals surface area contributed by atoms with Gasteiger partial charge in [0.25, 0.3) is 0 Å². The Morgan fingerprint density at radius 1 is 1.16 bits per heavy atom. The first-order valence-electron chi connectivity index (χ1n) is 6.76. The molecule has 0 saturated heterocycles. The second-order valence-electron chi connectivity index (χ2n) is 4.95. The van der Waals surface area contributed by atoms with Crippen LogP contribution in [0.4, 0.5) is 0 Å². The van der Waals surface area contributed by atoms with Gasteiger partial charge < -0.3 is 4.42 Å². The fourth-order valence-electron chi connectivity index (χ4n) is 2.47. The normalized spacial score (nSPS) is 15.3. The van der Waals surface area contributed by atoms with Crippen molar-refractivity contribution in [1.29, 1.82) is 0 Å². The van der Waals surface area contributed by atoms with E-state index in [4.69, 9.17) is 4.42 Å². The summed E-state index contributed by atoms with van der Waals surface area (Å²) in [7, 11) is 0. The molecule has 1 aliphatic rings. The molecule has 0 spiro atoms. The Labute approximate surface area is 112 Å². The molecule has 0 fully saturated rings. The van der Waals surface area contributed by atoms with Crippen LogP contribution in [0.25, 0.3) is 5.57 Å². The van der Waals surface area contributed by atoms with Crippen LogP contribution in [0, 0.1) is 0 Å². The highest BCUT2D eigenvalue weighted by Gasteiger charge is 2.12. The summed E-state index contributed by atoms with van der Waals surface area (Å²) in [6, 6.07) is 9.95. The van der Waals surface area contributed by atoms with Crippen LogP contribution in [0.5, 0.6) is 0 Å². The van der Waals surface area contributed by atoms with Gasteiger partial charge in [-0.25, -0.2) is 4.79 Å². The smallest absolute Gasteiger partial charge is 0.408 e. The van der Waals surface area contributed by atoms with E-state index in [-0.39, 0.29) is 5.76 Å². The number of allylic oxidation sites excluding steroid dienone is 2. The quantitative estimate of drug-likeness (QED) is 0.842. The van der Waals surface area contributed by atoms with E-state index in [2.05, 4.69) is 6.08 Å². The Morgan fingerprint density at radius 2 is 2.00 bits per heavy atom. The first-order valence-corrected chi connectivity index (χ1v) is 6.76. The Kier molecular flexibility index (Phi) is 3.36. The first kappa shape index (κ1) is 12.0. The lowest BCUT2D eigenvalue weighted by Gasteiger charge is -2.08. The topological polar surface area (TPSA) is 35.1 Å². The highest BCUT2D eigenvalue weighted by Crippen LogP contribution is 2.25. The van der Waals surface area contributed by atoms with Crippen LogP contribution >= 0.6 is 0 Å². The molecular weight excluding hydrogens is 238 g/mol. The van der Waals surface area contributed by atoms with Gasteiger partial charge in [-0.2, -0.15) is 0 Å². The summed E-state index contributed by atoms with van der Waals surface area (Å²) in [5.74, 6) is 0.464. The Bertz CT molecular complexity index is 634. The van der Waals surface area contributed by atoms with E-state index in [0.717, 1.165) is 24.2 Å². The first-order chi connectivity index (χ1) is 9.33. The molecule has 0 radical (unpaired) electrons. The van der Waals surface area contributed by atoms with Crippen LogP contribution < -0.4 is 5.76 Å². The molecule has 0 amide bonds. The second-order valence-corrected chi connectivity index (χ2v) is 4.95. The number of nitrogens with zero attached hydrogens (tertiary/aromatic N) is 1. The number of oxazole rings is 1. The predicted molar refractivity (Wildman–Crippen MR) is 75.0 cm³/mol. The van der Waals surface area contributed by atoms with Gasteiger partial charge in [0.1, 0.15) is 0 Å². The van der Waals surface area contributed by atoms with Gasteiger partial charge in [-0.15, -0.1) is 0 Å². The number of hydrogen-bond donors (Lipinski definition) is 0. The molecule has 0 saturated carbocycles. The largest absolute Gasteiger partial charge is 0.419 e. The van der Waals surface area contributed by atoms with Crippen molar-refractivity contribution in [1.82, 2.24) is 4.57 Å². The van der Waals surface area contributed by atoms with Crippen LogP contribution in [-0.4, -0.2) is 4.57 Å². The summed E-state index contributed by atoms with van der Waals surface area (Å²) >= 11 is 0. The van der Waals surface area contributed by atoms with Crippen LogP contribution in [0.1, 0.15) is 37.0 Å². The van der Waals surface area contributed by atoms with E-state index in [9.17, 15) is 4.79 Å². The van der Waals surface area contributed by atoms with Crippen molar-refractivity contribution in [3.05, 3.63) is 64.5 Å². The molecule has 0 aliphatic heterocycles. The number of benzene rings is 1. The minimum absolute atomic E-state index is 0.273. The number of hydrogen-bond acceptors (Lipinski definition) is 2. The zero-order valence-electron chi connectivity index (χ0n) is 10.8. The molecule has 1 aliphatic carbocycles. The van der Waals surface area contributed by atoms with E-state index in [1.807, 2.05) is 36.5 Å². The second kappa shape index (κ2) is 5.31. The van der Waals surface area contributed by atoms with Crippen LogP contribution in [-0.2, 0) is 6.54 Å². The van der Waals surface area contributed by atoms with E-state index in [1.165, 1.54) is 18.4 Å². The lowest BCUT2D eigenvalue weighted by Crippen LogP contribution is -2.13. The lowest BCUT2D eigenvalue weighted by atomic mass is 9.98. The van der Waals surface area contributed by atoms with Gasteiger partial charge in [-0.3, -0.25) is 4.57 Å². The van der Waals surface area contributed by atoms with Crippen molar-refractivity contribution < 1.29 is 4.42 Å². The maximum absolute atomic E-state index is 11.9. The molecule has 1 aromatic heterocycles. The molecule has 0 N–H and O–H groups in total. The van der Waals surface area contributed by atoms with Gasteiger partial charge >= 0.3 is 5.76 Å². The molecule has 3 rings (SSSR count). The van der Waals surface area contributed by atoms with E-state index >= 15 is 0 Å². The number of aromatic nitrogens is 1. The van der Waals surface area contributed by atoms with Crippen molar-refractivity contribution in [2.24, 2.45) is 0 Å². The average Bonchev–Trinajstić information content (AvgIpc) is 2.82. The third kappa shape index (κ3) is 2.70. The van der Waals surface area contributed by atoms with Gasteiger partial charge in [-0.1, -0.05) is 36.4 Å². The highest BCUT2D eigenvalue weighted by atomic mass is 16.4. The minimum Gasteiger partial charge on any atom is -0.408 e. The third-order valence-corrected chi connectivity index (χ3v) is 3.51. The maximum atomic E-state index is 11.9. The summed E-state index contributed by atoms with van der Waals surface area (Å²) in [6.07, 6.45) is 8.54. The van der Waals surface area contributed by atoms with E-state index in [0.29, 0.717) is 6.54 Å².